The molecular weight excluding hydrogens is 1030 g/mol. The Morgan fingerprint density at radius 3 is 2.38 bits per heavy atom. The average molecular weight is 1100 g/mol. The van der Waals surface area contributed by atoms with E-state index in [1.165, 1.54) is 15.6 Å². The third-order valence-corrected chi connectivity index (χ3v) is 16.2. The number of halogens is 1. The molecule has 81 heavy (non-hydrogen) atoms. The molecule has 2 aliphatic heterocycles. The number of ether oxygens (including phenoxy) is 3. The molecule has 5 atom stereocenters. The number of H-pyrrole nitrogens is 1. The summed E-state index contributed by atoms with van der Waals surface area (Å²) in [5, 5.41) is 46.6. The van der Waals surface area contributed by atoms with Crippen LogP contribution in [0.15, 0.2) is 85.3 Å². The lowest BCUT2D eigenvalue weighted by Crippen LogP contribution is -2.50. The maximum absolute atomic E-state index is 16.1. The number of aliphatic hydroxyl groups is 2. The zero-order valence-electron chi connectivity index (χ0n) is 46.8. The molecular formula is C61H71FN12O7. The Balaban J connectivity index is 0.867. The first-order valence-electron chi connectivity index (χ1n) is 28.4. The van der Waals surface area contributed by atoms with E-state index in [2.05, 4.69) is 41.9 Å². The molecule has 0 radical (unpaired) electrons. The molecule has 0 spiro atoms. The molecule has 11 rings (SSSR count). The van der Waals surface area contributed by atoms with Gasteiger partial charge in [0.15, 0.2) is 5.75 Å². The molecule has 6 heterocycles. The van der Waals surface area contributed by atoms with Crippen LogP contribution in [-0.2, 0) is 27.5 Å². The van der Waals surface area contributed by atoms with Crippen molar-refractivity contribution in [3.05, 3.63) is 113 Å². The number of hydrogen-bond acceptors (Lipinski definition) is 14. The van der Waals surface area contributed by atoms with Crippen LogP contribution in [0.1, 0.15) is 113 Å². The number of aromatic amines is 1. The Morgan fingerprint density at radius 2 is 1.68 bits per heavy atom. The maximum Gasteiger partial charge on any atom is 0.319 e. The molecule has 2 saturated heterocycles. The number of β-amino-alcohol motifs (C(OH)–C–C–N with tert-alkyl or cyclic N) is 1. The zero-order chi connectivity index (χ0) is 56.5. The molecule has 3 fully saturated rings. The highest BCUT2D eigenvalue weighted by atomic mass is 19.1. The molecule has 4 N–H and O–H groups in total. The van der Waals surface area contributed by atoms with Crippen molar-refractivity contribution >= 4 is 39.4 Å². The van der Waals surface area contributed by atoms with Gasteiger partial charge in [-0.1, -0.05) is 80.4 Å². The predicted octanol–water partition coefficient (Wildman–Crippen LogP) is 9.02. The minimum atomic E-state index is -0.984. The van der Waals surface area contributed by atoms with Crippen LogP contribution < -0.4 is 19.7 Å². The molecule has 2 amide bonds. The number of hydrogen-bond donors (Lipinski definition) is 4. The minimum absolute atomic E-state index is 0.0400. The molecule has 1 saturated carbocycles. The number of rotatable bonds is 20. The maximum atomic E-state index is 16.1. The Kier molecular flexibility index (Phi) is 16.1. The molecule has 0 unspecified atom stereocenters. The monoisotopic (exact) mass is 1100 g/mol. The number of nitrogens with one attached hydrogen (secondary N) is 2. The highest BCUT2D eigenvalue weighted by Gasteiger charge is 2.43. The van der Waals surface area contributed by atoms with Gasteiger partial charge in [-0.2, -0.15) is 20.2 Å². The van der Waals surface area contributed by atoms with Crippen LogP contribution in [0.3, 0.4) is 0 Å². The largest absolute Gasteiger partial charge is 0.486 e. The molecule has 19 nitrogen and oxygen atoms in total. The highest BCUT2D eigenvalue weighted by Crippen LogP contribution is 2.53. The topological polar surface area (TPSA) is 224 Å². The fourth-order valence-corrected chi connectivity index (χ4v) is 11.5. The van der Waals surface area contributed by atoms with Crippen LogP contribution in [0.4, 0.5) is 10.2 Å². The lowest BCUT2D eigenvalue weighted by atomic mass is 9.88. The number of carbonyl (C=O) groups excluding carboxylic acids is 2. The standard InChI is InChI=1S/C61H71FN12O7/c1-7-73-51(22-23-64-73)42-20-18-41(19-21-42)50(32-75)65-59(77)52-26-43(76)30-72(52)60(78)56(35(2)3)74-31-49(69-70-74)40-14-12-38(13-15-40)34-80-57-54(53-37(5)47(62)28-48-46(53)29-63-68-48)44(39-16-17-39)27-45-55(57)66-61(81-33-36(4)79-6)67-58(45)71-24-10-8-9-11-25-71/h12-15,18-23,27-29,31,35-36,39,43,50,52,56,75-76H,7-11,16-17,24-26,30,32-34H2,1-6H3,(H,63,68)(H,65,77)/t36-,43+,50-,52-,56-/m0/s1. The van der Waals surface area contributed by atoms with E-state index in [0.29, 0.717) is 45.7 Å². The van der Waals surface area contributed by atoms with Crippen molar-refractivity contribution in [2.45, 2.75) is 129 Å². The Hall–Kier alpha value is -7.81. The van der Waals surface area contributed by atoms with Crippen molar-refractivity contribution < 1.29 is 38.4 Å². The van der Waals surface area contributed by atoms with Crippen molar-refractivity contribution in [2.75, 3.05) is 44.9 Å². The van der Waals surface area contributed by atoms with Gasteiger partial charge < -0.3 is 39.5 Å². The van der Waals surface area contributed by atoms with Gasteiger partial charge in [0.2, 0.25) is 11.8 Å². The number of likely N-dealkylation sites (tertiary alicyclic amines) is 1. The van der Waals surface area contributed by atoms with E-state index in [4.69, 9.17) is 24.2 Å². The SMILES string of the molecule is CCn1nccc1-c1ccc([C@H](CO)NC(=O)[C@@H]2C[C@@H](O)CN2C(=O)[C@H](C(C)C)n2cc(-c3ccc(COc4c(-c5c(C)c(F)cc6[nH]ncc56)c(C5CC5)cc5c(N6CCCCCC6)nc(OC[C@H](C)OC)nc45)cc3)nn2)cc1. The van der Waals surface area contributed by atoms with Crippen LogP contribution >= 0.6 is 0 Å². The molecule has 20 heteroatoms. The van der Waals surface area contributed by atoms with Crippen LogP contribution in [0, 0.1) is 18.7 Å². The van der Waals surface area contributed by atoms with Gasteiger partial charge in [-0.15, -0.1) is 5.10 Å². The molecule has 1 aliphatic carbocycles. The van der Waals surface area contributed by atoms with Gasteiger partial charge >= 0.3 is 6.01 Å². The van der Waals surface area contributed by atoms with Crippen molar-refractivity contribution in [1.82, 2.24) is 55.2 Å². The second-order valence-corrected chi connectivity index (χ2v) is 22.2. The lowest BCUT2D eigenvalue weighted by Gasteiger charge is -2.30. The minimum Gasteiger partial charge on any atom is -0.486 e. The summed E-state index contributed by atoms with van der Waals surface area (Å²) in [6, 6.07) is 18.6. The number of aliphatic hydroxyl groups excluding tert-OH is 2. The van der Waals surface area contributed by atoms with Gasteiger partial charge in [0.1, 0.15) is 48.1 Å². The molecule has 3 aliphatic rings. The highest BCUT2D eigenvalue weighted by molar-refractivity contribution is 6.06. The third kappa shape index (κ3) is 11.3. The van der Waals surface area contributed by atoms with Gasteiger partial charge in [-0.05, 0) is 104 Å². The van der Waals surface area contributed by atoms with Crippen molar-refractivity contribution in [3.8, 4) is 45.4 Å². The van der Waals surface area contributed by atoms with E-state index in [1.807, 2.05) is 87.0 Å². The summed E-state index contributed by atoms with van der Waals surface area (Å²) < 4.78 is 38.5. The fourth-order valence-electron chi connectivity index (χ4n) is 11.5. The molecule has 0 bridgehead atoms. The number of methoxy groups -OCH3 is 1. The van der Waals surface area contributed by atoms with Gasteiger partial charge in [0.05, 0.1) is 48.5 Å². The molecule has 4 aromatic heterocycles. The second kappa shape index (κ2) is 23.7. The van der Waals surface area contributed by atoms with Crippen LogP contribution in [-0.4, -0.2) is 130 Å². The number of carbonyl (C=O) groups is 2. The fraction of sp³-hybridized carbons (Fsp3) is 0.443. The summed E-state index contributed by atoms with van der Waals surface area (Å²) in [7, 11) is 1.64. The number of nitrogens with zero attached hydrogens (tertiary/aromatic N) is 10. The van der Waals surface area contributed by atoms with Gasteiger partial charge in [0, 0.05) is 73.4 Å². The number of aromatic nitrogens is 9. The molecule has 8 aromatic rings. The first kappa shape index (κ1) is 55.1. The van der Waals surface area contributed by atoms with Crippen molar-refractivity contribution in [2.24, 2.45) is 5.92 Å². The first-order valence-corrected chi connectivity index (χ1v) is 28.4. The Bertz CT molecular complexity index is 3530. The summed E-state index contributed by atoms with van der Waals surface area (Å²) in [5.74, 6) is 0.0181. The zero-order valence-corrected chi connectivity index (χ0v) is 46.8. The summed E-state index contributed by atoms with van der Waals surface area (Å²) >= 11 is 0. The predicted molar refractivity (Wildman–Crippen MR) is 305 cm³/mol. The van der Waals surface area contributed by atoms with E-state index in [0.717, 1.165) is 102 Å². The number of benzene rings is 4. The average Bonchev–Trinajstić information content (AvgIpc) is 3.67. The number of aryl methyl sites for hydroxylation is 1. The van der Waals surface area contributed by atoms with Crippen LogP contribution in [0.2, 0.25) is 0 Å². The summed E-state index contributed by atoms with van der Waals surface area (Å²) in [5.41, 5.74) is 8.85. The van der Waals surface area contributed by atoms with Gasteiger partial charge in [-0.25, -0.2) is 9.07 Å². The number of anilines is 1. The lowest BCUT2D eigenvalue weighted by molar-refractivity contribution is -0.142. The van der Waals surface area contributed by atoms with Crippen molar-refractivity contribution in [1.29, 1.82) is 0 Å². The normalized spacial score (nSPS) is 17.9. The first-order chi connectivity index (χ1) is 39.3. The Labute approximate surface area is 469 Å². The summed E-state index contributed by atoms with van der Waals surface area (Å²) in [6.45, 7) is 11.9. The van der Waals surface area contributed by atoms with Crippen LogP contribution in [0.25, 0.3) is 55.4 Å². The van der Waals surface area contributed by atoms with Crippen LogP contribution in [0.5, 0.6) is 11.8 Å². The third-order valence-electron chi connectivity index (χ3n) is 16.2. The number of fused-ring (bicyclic) bond motifs is 2. The van der Waals surface area contributed by atoms with Gasteiger partial charge in [-0.3, -0.25) is 19.4 Å². The van der Waals surface area contributed by atoms with E-state index in [9.17, 15) is 19.8 Å². The van der Waals surface area contributed by atoms with Gasteiger partial charge in [0.25, 0.3) is 0 Å². The van der Waals surface area contributed by atoms with E-state index in [1.54, 1.807) is 32.6 Å². The quantitative estimate of drug-likeness (QED) is 0.0559. The smallest absolute Gasteiger partial charge is 0.319 e. The number of amides is 2. The van der Waals surface area contributed by atoms with E-state index >= 15 is 4.39 Å². The molecule has 424 valence electrons. The van der Waals surface area contributed by atoms with E-state index in [-0.39, 0.29) is 68.5 Å². The second-order valence-electron chi connectivity index (χ2n) is 22.2. The van der Waals surface area contributed by atoms with Crippen molar-refractivity contribution in [3.63, 3.8) is 0 Å². The van der Waals surface area contributed by atoms with E-state index < -0.39 is 30.1 Å². The Morgan fingerprint density at radius 1 is 0.926 bits per heavy atom. The summed E-state index contributed by atoms with van der Waals surface area (Å²) in [6.07, 6.45) is 10.4. The summed E-state index contributed by atoms with van der Waals surface area (Å²) in [4.78, 5) is 42.7. The molecule has 4 aromatic carbocycles.